The van der Waals surface area contributed by atoms with Gasteiger partial charge in [-0.15, -0.1) is 0 Å². The van der Waals surface area contributed by atoms with Crippen molar-refractivity contribution in [2.45, 2.75) is 71.3 Å². The predicted octanol–water partition coefficient (Wildman–Crippen LogP) is 3.08. The molecule has 92 valence electrons. The van der Waals surface area contributed by atoms with Gasteiger partial charge in [0.25, 0.3) is 0 Å². The maximum absolute atomic E-state index is 10.0. The van der Waals surface area contributed by atoms with E-state index < -0.39 is 0 Å². The summed E-state index contributed by atoms with van der Waals surface area (Å²) in [5, 5.41) is 10.0. The molecule has 0 aliphatic rings. The van der Waals surface area contributed by atoms with Crippen LogP contribution in [0.3, 0.4) is 0 Å². The number of aliphatic hydroxyl groups excluding tert-OH is 1. The minimum atomic E-state index is -0.119. The average Bonchev–Trinajstić information content (AvgIpc) is 2.26. The Morgan fingerprint density at radius 3 is 1.87 bits per heavy atom. The van der Waals surface area contributed by atoms with Crippen LogP contribution in [-0.2, 0) is 0 Å². The lowest BCUT2D eigenvalue weighted by Crippen LogP contribution is -2.21. The predicted molar refractivity (Wildman–Crippen MR) is 66.8 cm³/mol. The normalized spacial score (nSPS) is 13.4. The lowest BCUT2D eigenvalue weighted by molar-refractivity contribution is 0.0849. The first-order valence-electron chi connectivity index (χ1n) is 6.64. The van der Waals surface area contributed by atoms with Gasteiger partial charge < -0.3 is 10.8 Å². The number of rotatable bonds is 10. The van der Waals surface area contributed by atoms with E-state index in [1.807, 2.05) is 0 Å². The fourth-order valence-electron chi connectivity index (χ4n) is 2.02. The van der Waals surface area contributed by atoms with E-state index in [2.05, 4.69) is 13.8 Å². The molecule has 0 fully saturated rings. The van der Waals surface area contributed by atoms with Gasteiger partial charge in [0.2, 0.25) is 0 Å². The smallest absolute Gasteiger partial charge is 0.0568 e. The van der Waals surface area contributed by atoms with E-state index in [4.69, 9.17) is 5.73 Å². The summed E-state index contributed by atoms with van der Waals surface area (Å²) in [4.78, 5) is 0. The highest BCUT2D eigenvalue weighted by atomic mass is 16.3. The molecule has 0 aromatic carbocycles. The number of hydrogen-bond donors (Lipinski definition) is 2. The third kappa shape index (κ3) is 7.80. The van der Waals surface area contributed by atoms with E-state index in [0.717, 1.165) is 12.8 Å². The number of nitrogens with two attached hydrogens (primary N) is 1. The Hall–Kier alpha value is -0.0800. The highest BCUT2D eigenvalue weighted by molar-refractivity contribution is 4.69. The molecular weight excluding hydrogens is 186 g/mol. The third-order valence-corrected chi connectivity index (χ3v) is 3.11. The molecular formula is C13H29NO. The molecule has 0 aliphatic heterocycles. The summed E-state index contributed by atoms with van der Waals surface area (Å²) in [6.45, 7) is 5.12. The fourth-order valence-corrected chi connectivity index (χ4v) is 2.02. The first-order chi connectivity index (χ1) is 7.26. The maximum atomic E-state index is 10.0. The Balaban J connectivity index is 3.84. The zero-order chi connectivity index (χ0) is 11.5. The Morgan fingerprint density at radius 2 is 1.47 bits per heavy atom. The Bertz CT molecular complexity index is 120. The van der Waals surface area contributed by atoms with Crippen molar-refractivity contribution in [3.05, 3.63) is 0 Å². The molecule has 2 heteroatoms. The van der Waals surface area contributed by atoms with Gasteiger partial charge in [-0.3, -0.25) is 0 Å². The lowest BCUT2D eigenvalue weighted by Gasteiger charge is -2.22. The van der Waals surface area contributed by atoms with Crippen molar-refractivity contribution in [3.63, 3.8) is 0 Å². The second-order valence-electron chi connectivity index (χ2n) is 4.54. The first kappa shape index (κ1) is 14.9. The van der Waals surface area contributed by atoms with Gasteiger partial charge in [-0.05, 0) is 38.1 Å². The van der Waals surface area contributed by atoms with Crippen LogP contribution in [0.2, 0.25) is 0 Å². The van der Waals surface area contributed by atoms with Crippen LogP contribution in [0.5, 0.6) is 0 Å². The molecule has 0 radical (unpaired) electrons. The molecule has 1 unspecified atom stereocenters. The molecule has 1 atom stereocenters. The topological polar surface area (TPSA) is 46.2 Å². The average molecular weight is 215 g/mol. The Morgan fingerprint density at radius 1 is 0.933 bits per heavy atom. The molecule has 0 saturated carbocycles. The highest BCUT2D eigenvalue weighted by Gasteiger charge is 2.17. The van der Waals surface area contributed by atoms with Gasteiger partial charge in [0.1, 0.15) is 0 Å². The van der Waals surface area contributed by atoms with Gasteiger partial charge in [0.15, 0.2) is 0 Å². The second kappa shape index (κ2) is 10.4. The van der Waals surface area contributed by atoms with E-state index in [9.17, 15) is 5.11 Å². The molecule has 3 N–H and O–H groups in total. The van der Waals surface area contributed by atoms with E-state index in [1.54, 1.807) is 0 Å². The molecule has 15 heavy (non-hydrogen) atoms. The van der Waals surface area contributed by atoms with E-state index in [1.165, 1.54) is 38.5 Å². The van der Waals surface area contributed by atoms with Gasteiger partial charge >= 0.3 is 0 Å². The van der Waals surface area contributed by atoms with Crippen LogP contribution in [0.1, 0.15) is 65.2 Å². The van der Waals surface area contributed by atoms with Crippen molar-refractivity contribution < 1.29 is 5.11 Å². The highest BCUT2D eigenvalue weighted by Crippen LogP contribution is 2.22. The van der Waals surface area contributed by atoms with Crippen molar-refractivity contribution >= 4 is 0 Å². The zero-order valence-corrected chi connectivity index (χ0v) is 10.5. The second-order valence-corrected chi connectivity index (χ2v) is 4.54. The van der Waals surface area contributed by atoms with Gasteiger partial charge in [0.05, 0.1) is 6.10 Å². The molecule has 0 aromatic heterocycles. The molecule has 0 heterocycles. The monoisotopic (exact) mass is 215 g/mol. The van der Waals surface area contributed by atoms with Crippen molar-refractivity contribution in [1.29, 1.82) is 0 Å². The van der Waals surface area contributed by atoms with Gasteiger partial charge in [0, 0.05) is 0 Å². The SMILES string of the molecule is CCCCC(CCCC)C(O)CCCN. The summed E-state index contributed by atoms with van der Waals surface area (Å²) in [5.74, 6) is 0.511. The number of aliphatic hydroxyl groups is 1. The quantitative estimate of drug-likeness (QED) is 0.588. The van der Waals surface area contributed by atoms with Crippen molar-refractivity contribution in [2.75, 3.05) is 6.54 Å². The molecule has 0 bridgehead atoms. The van der Waals surface area contributed by atoms with Crippen LogP contribution < -0.4 is 5.73 Å². The van der Waals surface area contributed by atoms with Gasteiger partial charge in [-0.2, -0.15) is 0 Å². The van der Waals surface area contributed by atoms with Crippen LogP contribution >= 0.6 is 0 Å². The summed E-state index contributed by atoms with van der Waals surface area (Å²) in [6.07, 6.45) is 9.03. The number of hydrogen-bond acceptors (Lipinski definition) is 2. The maximum Gasteiger partial charge on any atom is 0.0568 e. The largest absolute Gasteiger partial charge is 0.393 e. The van der Waals surface area contributed by atoms with E-state index in [0.29, 0.717) is 12.5 Å². The standard InChI is InChI=1S/C13H29NO/c1-3-5-8-12(9-6-4-2)13(15)10-7-11-14/h12-13,15H,3-11,14H2,1-2H3. The van der Waals surface area contributed by atoms with Crippen molar-refractivity contribution in [2.24, 2.45) is 11.7 Å². The van der Waals surface area contributed by atoms with Gasteiger partial charge in [-0.1, -0.05) is 39.5 Å². The minimum Gasteiger partial charge on any atom is -0.393 e. The molecule has 0 rings (SSSR count). The minimum absolute atomic E-state index is 0.119. The molecule has 2 nitrogen and oxygen atoms in total. The zero-order valence-electron chi connectivity index (χ0n) is 10.5. The summed E-state index contributed by atoms with van der Waals surface area (Å²) in [5.41, 5.74) is 5.47. The van der Waals surface area contributed by atoms with E-state index >= 15 is 0 Å². The Kier molecular flexibility index (Phi) is 10.4. The fraction of sp³-hybridized carbons (Fsp3) is 1.00. The van der Waals surface area contributed by atoms with Crippen LogP contribution in [0.15, 0.2) is 0 Å². The summed E-state index contributed by atoms with van der Waals surface area (Å²) in [6, 6.07) is 0. The van der Waals surface area contributed by atoms with Crippen molar-refractivity contribution in [1.82, 2.24) is 0 Å². The third-order valence-electron chi connectivity index (χ3n) is 3.11. The van der Waals surface area contributed by atoms with Crippen LogP contribution in [0, 0.1) is 5.92 Å². The molecule has 0 saturated heterocycles. The molecule has 0 aromatic rings. The number of unbranched alkanes of at least 4 members (excludes halogenated alkanes) is 2. The molecule has 0 aliphatic carbocycles. The summed E-state index contributed by atoms with van der Waals surface area (Å²) in [7, 11) is 0. The molecule has 0 amide bonds. The molecule has 0 spiro atoms. The Labute approximate surface area is 95.3 Å². The van der Waals surface area contributed by atoms with Gasteiger partial charge in [-0.25, -0.2) is 0 Å². The lowest BCUT2D eigenvalue weighted by atomic mass is 9.88. The first-order valence-corrected chi connectivity index (χ1v) is 6.64. The van der Waals surface area contributed by atoms with Crippen LogP contribution in [0.4, 0.5) is 0 Å². The summed E-state index contributed by atoms with van der Waals surface area (Å²) >= 11 is 0. The summed E-state index contributed by atoms with van der Waals surface area (Å²) < 4.78 is 0. The van der Waals surface area contributed by atoms with Crippen LogP contribution in [-0.4, -0.2) is 17.8 Å². The van der Waals surface area contributed by atoms with Crippen LogP contribution in [0.25, 0.3) is 0 Å². The van der Waals surface area contributed by atoms with Crippen molar-refractivity contribution in [3.8, 4) is 0 Å². The van der Waals surface area contributed by atoms with E-state index in [-0.39, 0.29) is 6.10 Å².